The van der Waals surface area contributed by atoms with Gasteiger partial charge in [-0.25, -0.2) is 8.42 Å². The van der Waals surface area contributed by atoms with E-state index in [0.29, 0.717) is 10.2 Å². The molecular weight excluding hydrogens is 376 g/mol. The van der Waals surface area contributed by atoms with Gasteiger partial charge in [-0.05, 0) is 52.2 Å². The Bertz CT molecular complexity index is 779. The van der Waals surface area contributed by atoms with Crippen LogP contribution < -0.4 is 10.5 Å². The molecule has 112 valence electrons. The van der Waals surface area contributed by atoms with Gasteiger partial charge in [0.15, 0.2) is 0 Å². The van der Waals surface area contributed by atoms with Crippen molar-refractivity contribution >= 4 is 48.9 Å². The van der Waals surface area contributed by atoms with E-state index in [2.05, 4.69) is 20.7 Å². The molecule has 7 heteroatoms. The normalized spacial score (nSPS) is 11.4. The Kier molecular flexibility index (Phi) is 4.81. The van der Waals surface area contributed by atoms with Gasteiger partial charge in [0.05, 0.1) is 4.47 Å². The number of hydrogen-bond acceptors (Lipinski definition) is 3. The lowest BCUT2D eigenvalue weighted by molar-refractivity contribution is 0.601. The second kappa shape index (κ2) is 6.25. The van der Waals surface area contributed by atoms with Gasteiger partial charge in [-0.2, -0.15) is 0 Å². The van der Waals surface area contributed by atoms with Gasteiger partial charge < -0.3 is 5.73 Å². The Morgan fingerprint density at radius 1 is 1.29 bits per heavy atom. The number of aryl methyl sites for hydroxylation is 1. The van der Waals surface area contributed by atoms with Crippen molar-refractivity contribution in [2.75, 3.05) is 10.5 Å². The molecule has 0 fully saturated rings. The monoisotopic (exact) mass is 388 g/mol. The first-order valence-electron chi connectivity index (χ1n) is 6.19. The van der Waals surface area contributed by atoms with E-state index < -0.39 is 10.0 Å². The Morgan fingerprint density at radius 3 is 2.67 bits per heavy atom. The average Bonchev–Trinajstić information content (AvgIpc) is 2.42. The summed E-state index contributed by atoms with van der Waals surface area (Å²) in [5.41, 5.74) is 7.54. The van der Waals surface area contributed by atoms with Gasteiger partial charge in [-0.15, -0.1) is 0 Å². The summed E-state index contributed by atoms with van der Waals surface area (Å²) in [5, 5.41) is 0.262. The Balaban J connectivity index is 2.43. The number of nitrogens with one attached hydrogen (secondary N) is 1. The van der Waals surface area contributed by atoms with Crippen LogP contribution in [-0.2, 0) is 16.4 Å². The quantitative estimate of drug-likeness (QED) is 0.775. The third kappa shape index (κ3) is 3.70. The lowest BCUT2D eigenvalue weighted by atomic mass is 10.1. The minimum atomic E-state index is -3.78. The Hall–Kier alpha value is -1.24. The van der Waals surface area contributed by atoms with Gasteiger partial charge in [-0.1, -0.05) is 30.7 Å². The molecule has 0 aliphatic heterocycles. The Morgan fingerprint density at radius 2 is 2.00 bits per heavy atom. The number of nitrogens with two attached hydrogens (primary N) is 1. The van der Waals surface area contributed by atoms with E-state index in [1.54, 1.807) is 18.2 Å². The molecule has 3 N–H and O–H groups in total. The molecule has 0 unspecified atom stereocenters. The minimum absolute atomic E-state index is 0.00871. The largest absolute Gasteiger partial charge is 0.398 e. The van der Waals surface area contributed by atoms with E-state index in [1.165, 1.54) is 12.1 Å². The molecule has 0 aliphatic rings. The molecule has 0 aromatic heterocycles. The molecule has 2 aromatic rings. The lowest BCUT2D eigenvalue weighted by Gasteiger charge is -2.12. The fourth-order valence-electron chi connectivity index (χ4n) is 1.84. The third-order valence-corrected chi connectivity index (χ3v) is 5.68. The topological polar surface area (TPSA) is 72.2 Å². The highest BCUT2D eigenvalue weighted by Gasteiger charge is 2.20. The van der Waals surface area contributed by atoms with Crippen LogP contribution >= 0.6 is 27.5 Å². The van der Waals surface area contributed by atoms with E-state index in [1.807, 2.05) is 13.0 Å². The first-order chi connectivity index (χ1) is 9.83. The van der Waals surface area contributed by atoms with Crippen molar-refractivity contribution in [2.24, 2.45) is 0 Å². The van der Waals surface area contributed by atoms with E-state index >= 15 is 0 Å². The number of hydrogen-bond donors (Lipinski definition) is 2. The summed E-state index contributed by atoms with van der Waals surface area (Å²) in [6, 6.07) is 10.1. The molecule has 0 saturated heterocycles. The zero-order valence-corrected chi connectivity index (χ0v) is 14.4. The molecule has 2 rings (SSSR count). The summed E-state index contributed by atoms with van der Waals surface area (Å²) in [6.45, 7) is 2.00. The maximum absolute atomic E-state index is 12.5. The highest BCUT2D eigenvalue weighted by molar-refractivity contribution is 9.10. The molecule has 0 heterocycles. The first kappa shape index (κ1) is 16.1. The van der Waals surface area contributed by atoms with Crippen LogP contribution in [0.4, 0.5) is 11.4 Å². The summed E-state index contributed by atoms with van der Waals surface area (Å²) >= 11 is 9.07. The summed E-state index contributed by atoms with van der Waals surface area (Å²) in [4.78, 5) is 0.00871. The lowest BCUT2D eigenvalue weighted by Crippen LogP contribution is -2.14. The van der Waals surface area contributed by atoms with Crippen LogP contribution in [0, 0.1) is 0 Å². The fraction of sp³-hybridized carbons (Fsp3) is 0.143. The smallest absolute Gasteiger partial charge is 0.263 e. The number of anilines is 2. The van der Waals surface area contributed by atoms with Crippen molar-refractivity contribution < 1.29 is 8.42 Å². The van der Waals surface area contributed by atoms with Crippen molar-refractivity contribution in [3.8, 4) is 0 Å². The molecular formula is C14H14BrClN2O2S. The number of nitrogen functional groups attached to an aromatic ring is 1. The van der Waals surface area contributed by atoms with E-state index in [-0.39, 0.29) is 15.6 Å². The van der Waals surface area contributed by atoms with Crippen LogP contribution in [0.1, 0.15) is 12.5 Å². The second-order valence-electron chi connectivity index (χ2n) is 4.47. The molecule has 0 saturated carbocycles. The molecule has 21 heavy (non-hydrogen) atoms. The van der Waals surface area contributed by atoms with E-state index in [9.17, 15) is 8.42 Å². The number of halogens is 2. The SMILES string of the molecule is CCc1cccc(NS(=O)(=O)c2cc(Cl)cc(N)c2Br)c1. The molecule has 0 atom stereocenters. The van der Waals surface area contributed by atoms with Gasteiger partial charge in [0.2, 0.25) is 0 Å². The molecule has 0 bridgehead atoms. The number of sulfonamides is 1. The minimum Gasteiger partial charge on any atom is -0.398 e. The third-order valence-electron chi connectivity index (χ3n) is 2.91. The Labute approximate surface area is 137 Å². The highest BCUT2D eigenvalue weighted by Crippen LogP contribution is 2.32. The number of rotatable bonds is 4. The predicted molar refractivity (Wildman–Crippen MR) is 90.2 cm³/mol. The molecule has 0 aliphatic carbocycles. The second-order valence-corrected chi connectivity index (χ2v) is 7.35. The van der Waals surface area contributed by atoms with Crippen LogP contribution in [0.25, 0.3) is 0 Å². The zero-order valence-electron chi connectivity index (χ0n) is 11.2. The van der Waals surface area contributed by atoms with Gasteiger partial charge >= 0.3 is 0 Å². The van der Waals surface area contributed by atoms with Gasteiger partial charge in [0, 0.05) is 16.4 Å². The standard InChI is InChI=1S/C14H14BrClN2O2S/c1-2-9-4-3-5-11(6-9)18-21(19,20)13-8-10(16)7-12(17)14(13)15/h3-8,18H,2,17H2,1H3. The highest BCUT2D eigenvalue weighted by atomic mass is 79.9. The van der Waals surface area contributed by atoms with E-state index in [4.69, 9.17) is 17.3 Å². The zero-order chi connectivity index (χ0) is 15.6. The number of benzene rings is 2. The average molecular weight is 390 g/mol. The molecule has 4 nitrogen and oxygen atoms in total. The van der Waals surface area contributed by atoms with Gasteiger partial charge in [0.25, 0.3) is 10.0 Å². The predicted octanol–water partition coefficient (Wildman–Crippen LogP) is 4.05. The van der Waals surface area contributed by atoms with Crippen molar-refractivity contribution in [3.63, 3.8) is 0 Å². The maximum atomic E-state index is 12.5. The van der Waals surface area contributed by atoms with Crippen LogP contribution in [0.2, 0.25) is 5.02 Å². The first-order valence-corrected chi connectivity index (χ1v) is 8.85. The molecule has 0 amide bonds. The summed E-state index contributed by atoms with van der Waals surface area (Å²) in [6.07, 6.45) is 0.823. The summed E-state index contributed by atoms with van der Waals surface area (Å²) < 4.78 is 27.8. The molecule has 2 aromatic carbocycles. The van der Waals surface area contributed by atoms with Gasteiger partial charge in [0.1, 0.15) is 4.90 Å². The molecule has 0 radical (unpaired) electrons. The maximum Gasteiger partial charge on any atom is 0.263 e. The van der Waals surface area contributed by atoms with Crippen molar-refractivity contribution in [3.05, 3.63) is 51.5 Å². The van der Waals surface area contributed by atoms with Crippen LogP contribution in [0.5, 0.6) is 0 Å². The van der Waals surface area contributed by atoms with Crippen molar-refractivity contribution in [1.29, 1.82) is 0 Å². The van der Waals surface area contributed by atoms with Crippen molar-refractivity contribution in [1.82, 2.24) is 0 Å². The fourth-order valence-corrected chi connectivity index (χ4v) is 4.19. The van der Waals surface area contributed by atoms with Crippen molar-refractivity contribution in [2.45, 2.75) is 18.2 Å². The summed E-state index contributed by atoms with van der Waals surface area (Å²) in [7, 11) is -3.78. The summed E-state index contributed by atoms with van der Waals surface area (Å²) in [5.74, 6) is 0. The van der Waals surface area contributed by atoms with Crippen LogP contribution in [0.15, 0.2) is 45.8 Å². The van der Waals surface area contributed by atoms with Gasteiger partial charge in [-0.3, -0.25) is 4.72 Å². The van der Waals surface area contributed by atoms with Crippen LogP contribution in [0.3, 0.4) is 0 Å². The van der Waals surface area contributed by atoms with Crippen LogP contribution in [-0.4, -0.2) is 8.42 Å². The van der Waals surface area contributed by atoms with E-state index in [0.717, 1.165) is 12.0 Å². The molecule has 0 spiro atoms.